The van der Waals surface area contributed by atoms with Gasteiger partial charge in [0, 0.05) is 41.2 Å². The van der Waals surface area contributed by atoms with Crippen molar-refractivity contribution in [2.75, 3.05) is 0 Å². The quantitative estimate of drug-likeness (QED) is 0.936. The largest absolute Gasteiger partial charge is 0.308 e. The van der Waals surface area contributed by atoms with E-state index >= 15 is 0 Å². The molecule has 2 aromatic rings. The van der Waals surface area contributed by atoms with Crippen LogP contribution >= 0.6 is 27.3 Å². The van der Waals surface area contributed by atoms with E-state index in [1.807, 2.05) is 24.1 Å². The van der Waals surface area contributed by atoms with Gasteiger partial charge in [-0.15, -0.1) is 11.3 Å². The monoisotopic (exact) mass is 285 g/mol. The number of nitrogens with one attached hydrogen (secondary N) is 1. The molecule has 0 aliphatic heterocycles. The summed E-state index contributed by atoms with van der Waals surface area (Å²) in [6.07, 6.45) is 3.91. The molecule has 2 rings (SSSR count). The molecule has 0 aromatic carbocycles. The van der Waals surface area contributed by atoms with E-state index in [1.54, 1.807) is 11.3 Å². The Balaban J connectivity index is 1.83. The van der Waals surface area contributed by atoms with Gasteiger partial charge in [-0.1, -0.05) is 0 Å². The summed E-state index contributed by atoms with van der Waals surface area (Å²) in [4.78, 5) is 1.33. The molecule has 0 spiro atoms. The van der Waals surface area contributed by atoms with Crippen LogP contribution in [0.4, 0.5) is 0 Å². The van der Waals surface area contributed by atoms with Crippen LogP contribution in [0.25, 0.3) is 0 Å². The second kappa shape index (κ2) is 4.92. The van der Waals surface area contributed by atoms with Gasteiger partial charge in [0.2, 0.25) is 0 Å². The zero-order valence-electron chi connectivity index (χ0n) is 8.40. The first kappa shape index (κ1) is 10.9. The normalized spacial score (nSPS) is 10.8. The van der Waals surface area contributed by atoms with Gasteiger partial charge in [-0.2, -0.15) is 5.10 Å². The highest BCUT2D eigenvalue weighted by Crippen LogP contribution is 2.22. The number of hydrogen-bond donors (Lipinski definition) is 1. The van der Waals surface area contributed by atoms with E-state index in [0.29, 0.717) is 0 Å². The van der Waals surface area contributed by atoms with E-state index < -0.39 is 0 Å². The molecule has 3 nitrogen and oxygen atoms in total. The number of hydrogen-bond acceptors (Lipinski definition) is 3. The highest BCUT2D eigenvalue weighted by atomic mass is 79.9. The van der Waals surface area contributed by atoms with Crippen LogP contribution in [-0.4, -0.2) is 9.78 Å². The van der Waals surface area contributed by atoms with Gasteiger partial charge in [0.25, 0.3) is 0 Å². The maximum Gasteiger partial charge on any atom is 0.0534 e. The fourth-order valence-electron chi connectivity index (χ4n) is 1.33. The number of aromatic nitrogens is 2. The molecule has 0 unspecified atom stereocenters. The van der Waals surface area contributed by atoms with Crippen molar-refractivity contribution in [1.82, 2.24) is 15.1 Å². The molecular weight excluding hydrogens is 274 g/mol. The van der Waals surface area contributed by atoms with Crippen LogP contribution < -0.4 is 5.32 Å². The summed E-state index contributed by atoms with van der Waals surface area (Å²) in [5.74, 6) is 0. The van der Waals surface area contributed by atoms with E-state index in [4.69, 9.17) is 0 Å². The molecule has 0 bridgehead atoms. The second-order valence-electron chi connectivity index (χ2n) is 3.32. The van der Waals surface area contributed by atoms with Crippen molar-refractivity contribution in [1.29, 1.82) is 0 Å². The van der Waals surface area contributed by atoms with Crippen LogP contribution in [0.2, 0.25) is 0 Å². The van der Waals surface area contributed by atoms with Gasteiger partial charge < -0.3 is 5.32 Å². The zero-order valence-corrected chi connectivity index (χ0v) is 10.8. The summed E-state index contributed by atoms with van der Waals surface area (Å²) in [6, 6.07) is 2.08. The molecule has 0 atom stereocenters. The molecule has 0 amide bonds. The predicted molar refractivity (Wildman–Crippen MR) is 65.8 cm³/mol. The molecule has 80 valence electrons. The Morgan fingerprint density at radius 2 is 2.40 bits per heavy atom. The minimum Gasteiger partial charge on any atom is -0.308 e. The van der Waals surface area contributed by atoms with Crippen molar-refractivity contribution < 1.29 is 0 Å². The van der Waals surface area contributed by atoms with E-state index in [9.17, 15) is 0 Å². The summed E-state index contributed by atoms with van der Waals surface area (Å²) >= 11 is 5.27. The predicted octanol–water partition coefficient (Wildman–Crippen LogP) is 2.53. The summed E-state index contributed by atoms with van der Waals surface area (Å²) in [5, 5.41) is 9.59. The summed E-state index contributed by atoms with van der Waals surface area (Å²) in [6.45, 7) is 1.76. The van der Waals surface area contributed by atoms with E-state index in [-0.39, 0.29) is 0 Å². The lowest BCUT2D eigenvalue weighted by Gasteiger charge is -2.01. The maximum absolute atomic E-state index is 4.12. The summed E-state index contributed by atoms with van der Waals surface area (Å²) in [5.41, 5.74) is 1.21. The van der Waals surface area contributed by atoms with Gasteiger partial charge in [-0.3, -0.25) is 4.68 Å². The Morgan fingerprint density at radius 3 is 3.00 bits per heavy atom. The SMILES string of the molecule is Cn1cc(CNCc2sccc2Br)cn1. The number of nitrogens with zero attached hydrogens (tertiary/aromatic N) is 2. The highest BCUT2D eigenvalue weighted by molar-refractivity contribution is 9.10. The Kier molecular flexibility index (Phi) is 3.56. The smallest absolute Gasteiger partial charge is 0.0534 e. The molecule has 0 radical (unpaired) electrons. The topological polar surface area (TPSA) is 29.9 Å². The van der Waals surface area contributed by atoms with Crippen LogP contribution in [-0.2, 0) is 20.1 Å². The third-order valence-electron chi connectivity index (χ3n) is 2.06. The average Bonchev–Trinajstić information content (AvgIpc) is 2.77. The highest BCUT2D eigenvalue weighted by Gasteiger charge is 2.01. The van der Waals surface area contributed by atoms with Crippen molar-refractivity contribution in [2.45, 2.75) is 13.1 Å². The van der Waals surface area contributed by atoms with Gasteiger partial charge in [0.1, 0.15) is 0 Å². The summed E-state index contributed by atoms with van der Waals surface area (Å²) < 4.78 is 3.00. The van der Waals surface area contributed by atoms with Crippen molar-refractivity contribution in [3.63, 3.8) is 0 Å². The number of aryl methyl sites for hydroxylation is 1. The minimum atomic E-state index is 0.859. The Hall–Kier alpha value is -0.650. The second-order valence-corrected chi connectivity index (χ2v) is 5.17. The molecule has 0 aliphatic carbocycles. The van der Waals surface area contributed by atoms with Crippen LogP contribution in [0.5, 0.6) is 0 Å². The molecule has 5 heteroatoms. The van der Waals surface area contributed by atoms with E-state index in [0.717, 1.165) is 13.1 Å². The lowest BCUT2D eigenvalue weighted by atomic mass is 10.3. The first-order valence-electron chi connectivity index (χ1n) is 4.66. The Bertz CT molecular complexity index is 435. The standard InChI is InChI=1S/C10H12BrN3S/c1-14-7-8(5-13-14)4-12-6-10-9(11)2-3-15-10/h2-3,5,7,12H,4,6H2,1H3. The fourth-order valence-corrected chi connectivity index (χ4v) is 2.80. The molecule has 0 fully saturated rings. The molecule has 0 saturated heterocycles. The Labute approximate surface area is 101 Å². The van der Waals surface area contributed by atoms with Gasteiger partial charge in [-0.25, -0.2) is 0 Å². The van der Waals surface area contributed by atoms with Crippen molar-refractivity contribution >= 4 is 27.3 Å². The number of thiophene rings is 1. The number of rotatable bonds is 4. The van der Waals surface area contributed by atoms with Gasteiger partial charge in [-0.05, 0) is 27.4 Å². The van der Waals surface area contributed by atoms with Crippen LogP contribution in [0.3, 0.4) is 0 Å². The van der Waals surface area contributed by atoms with Gasteiger partial charge in [0.05, 0.1) is 6.20 Å². The van der Waals surface area contributed by atoms with Crippen molar-refractivity contribution in [2.24, 2.45) is 7.05 Å². The minimum absolute atomic E-state index is 0.859. The third kappa shape index (κ3) is 2.90. The van der Waals surface area contributed by atoms with Gasteiger partial charge in [0.15, 0.2) is 0 Å². The zero-order chi connectivity index (χ0) is 10.7. The van der Waals surface area contributed by atoms with Gasteiger partial charge >= 0.3 is 0 Å². The number of halogens is 1. The summed E-state index contributed by atoms with van der Waals surface area (Å²) in [7, 11) is 1.93. The lowest BCUT2D eigenvalue weighted by Crippen LogP contribution is -2.11. The van der Waals surface area contributed by atoms with E-state index in [1.165, 1.54) is 14.9 Å². The van der Waals surface area contributed by atoms with Crippen LogP contribution in [0.15, 0.2) is 28.3 Å². The van der Waals surface area contributed by atoms with Crippen molar-refractivity contribution in [3.8, 4) is 0 Å². The molecule has 0 aliphatic rings. The van der Waals surface area contributed by atoms with Crippen LogP contribution in [0.1, 0.15) is 10.4 Å². The first-order valence-corrected chi connectivity index (χ1v) is 6.33. The van der Waals surface area contributed by atoms with Crippen LogP contribution in [0, 0.1) is 0 Å². The molecular formula is C10H12BrN3S. The average molecular weight is 286 g/mol. The molecule has 1 N–H and O–H groups in total. The molecule has 0 saturated carbocycles. The molecule has 2 heterocycles. The van der Waals surface area contributed by atoms with E-state index in [2.05, 4.69) is 37.8 Å². The fraction of sp³-hybridized carbons (Fsp3) is 0.300. The molecule has 2 aromatic heterocycles. The first-order chi connectivity index (χ1) is 7.25. The Morgan fingerprint density at radius 1 is 1.53 bits per heavy atom. The third-order valence-corrected chi connectivity index (χ3v) is 3.99. The lowest BCUT2D eigenvalue weighted by molar-refractivity contribution is 0.697. The molecule has 15 heavy (non-hydrogen) atoms. The van der Waals surface area contributed by atoms with Crippen molar-refractivity contribution in [3.05, 3.63) is 38.8 Å². The maximum atomic E-state index is 4.12.